The number of aliphatic imine (C=N–C) groups is 1. The van der Waals surface area contributed by atoms with Crippen LogP contribution in [-0.4, -0.2) is 126 Å². The average molecular weight is 932 g/mol. The third-order valence-corrected chi connectivity index (χ3v) is 17.4. The van der Waals surface area contributed by atoms with Gasteiger partial charge >= 0.3 is 0 Å². The van der Waals surface area contributed by atoms with Crippen LogP contribution in [0.2, 0.25) is 5.02 Å². The molecule has 65 heavy (non-hydrogen) atoms. The second-order valence-electron chi connectivity index (χ2n) is 19.6. The molecule has 9 unspecified atom stereocenters. The molecule has 2 saturated carbocycles. The second kappa shape index (κ2) is 20.3. The topological polar surface area (TPSA) is 169 Å². The molecule has 5 saturated heterocycles. The number of hydrogen-bond donors (Lipinski definition) is 6. The molecule has 2 aliphatic carbocycles. The standard InChI is InChI=1S/C48H67ClN10O5S/c1-27-28(2)65-48-44(27)45(53-41(25-43-51-18-21-61-43)46-57-54-29(3)59(46)48)30-4-9-33(10-5-30)63-37-22-38(23-37)64-35-16-19-58(20-17-35)42-15-14-40(55-56-42)47(60)52-32-7-12-34(13-8-32)62-36-11-6-31(26-50)39(49)24-36/h4-6,9-11,24,27-29,32,34-35,37-38,40-44,46,48,51,54-57H,7-8,12-23,25H2,1-3H3,(H,52,60)/t27?,28?,29?,32?,34?,37?,38?,40?,41-,42?,43?,44?,46?,48?/m0/s1. The van der Waals surface area contributed by atoms with Crippen molar-refractivity contribution in [1.82, 2.24) is 42.1 Å². The van der Waals surface area contributed by atoms with E-state index in [0.29, 0.717) is 38.8 Å². The normalized spacial score (nSPS) is 37.9. The Bertz CT molecular complexity index is 2030. The summed E-state index contributed by atoms with van der Waals surface area (Å²) in [7, 11) is 0. The Morgan fingerprint density at radius 3 is 2.38 bits per heavy atom. The summed E-state index contributed by atoms with van der Waals surface area (Å²) in [6.45, 7) is 10.6. The van der Waals surface area contributed by atoms with Crippen molar-refractivity contribution in [3.63, 3.8) is 0 Å². The lowest BCUT2D eigenvalue weighted by molar-refractivity contribution is -0.126. The predicted molar refractivity (Wildman–Crippen MR) is 251 cm³/mol. The summed E-state index contributed by atoms with van der Waals surface area (Å²) in [5.41, 5.74) is 16.8. The molecular formula is C48H67ClN10O5S. The fourth-order valence-electron chi connectivity index (χ4n) is 11.4. The predicted octanol–water partition coefficient (Wildman–Crippen LogP) is 4.99. The molecule has 0 bridgehead atoms. The maximum atomic E-state index is 13.2. The molecule has 10 atom stereocenters. The van der Waals surface area contributed by atoms with E-state index in [4.69, 9.17) is 40.8 Å². The van der Waals surface area contributed by atoms with Crippen molar-refractivity contribution < 1.29 is 23.7 Å². The van der Waals surface area contributed by atoms with E-state index in [0.717, 1.165) is 103 Å². The van der Waals surface area contributed by atoms with Crippen LogP contribution in [0.25, 0.3) is 0 Å². The first-order valence-corrected chi connectivity index (χ1v) is 25.7. The van der Waals surface area contributed by atoms with Gasteiger partial charge in [-0.15, -0.1) is 11.8 Å². The number of ether oxygens (including phenoxy) is 4. The van der Waals surface area contributed by atoms with Crippen molar-refractivity contribution >= 4 is 35.0 Å². The quantitative estimate of drug-likeness (QED) is 0.168. The SMILES string of the molecule is CC1SC2C(C(c3ccc(OC4CC(OC5CCN(C6CCC(C(=O)NC7CCC(Oc8ccc(C#N)c(Cl)c8)CC7)NN6)CC5)C4)cc3)=N[C@@H](CC3NCCO3)C3NNC(C)N23)C1C. The van der Waals surface area contributed by atoms with E-state index in [1.807, 2.05) is 0 Å². The number of halogens is 1. The number of rotatable bonds is 12. The molecule has 15 nitrogen and oxygen atoms in total. The van der Waals surface area contributed by atoms with Crippen LogP contribution in [0.5, 0.6) is 11.5 Å². The first-order valence-electron chi connectivity index (χ1n) is 24.4. The van der Waals surface area contributed by atoms with Crippen molar-refractivity contribution in [2.45, 2.75) is 169 Å². The average Bonchev–Trinajstić information content (AvgIpc) is 4.02. The van der Waals surface area contributed by atoms with Crippen LogP contribution in [-0.2, 0) is 14.3 Å². The van der Waals surface area contributed by atoms with Crippen LogP contribution < -0.4 is 41.8 Å². The van der Waals surface area contributed by atoms with Gasteiger partial charge in [0.25, 0.3) is 0 Å². The number of benzene rings is 2. The van der Waals surface area contributed by atoms with Gasteiger partial charge in [0.2, 0.25) is 5.91 Å². The molecule has 6 heterocycles. The molecule has 0 spiro atoms. The van der Waals surface area contributed by atoms with E-state index in [1.54, 1.807) is 18.2 Å². The molecule has 6 N–H and O–H groups in total. The number of piperidine rings is 1. The zero-order valence-corrected chi connectivity index (χ0v) is 39.5. The van der Waals surface area contributed by atoms with E-state index in [-0.39, 0.29) is 73.2 Å². The van der Waals surface area contributed by atoms with Gasteiger partial charge in [0.1, 0.15) is 35.9 Å². The number of amides is 1. The molecule has 2 aromatic rings. The second-order valence-corrected chi connectivity index (χ2v) is 21.5. The molecule has 10 rings (SSSR count). The number of carbonyl (C=O) groups excluding carboxylic acids is 1. The fourth-order valence-corrected chi connectivity index (χ4v) is 13.4. The zero-order valence-electron chi connectivity index (χ0n) is 37.9. The number of hydrogen-bond acceptors (Lipinski definition) is 15. The Balaban J connectivity index is 0.639. The van der Waals surface area contributed by atoms with Crippen LogP contribution in [0.15, 0.2) is 47.5 Å². The highest BCUT2D eigenvalue weighted by atomic mass is 35.5. The van der Waals surface area contributed by atoms with Gasteiger partial charge in [-0.1, -0.05) is 25.4 Å². The van der Waals surface area contributed by atoms with Gasteiger partial charge in [0.05, 0.1) is 65.4 Å². The Kier molecular flexibility index (Phi) is 14.3. The van der Waals surface area contributed by atoms with Gasteiger partial charge < -0.3 is 24.3 Å². The highest BCUT2D eigenvalue weighted by molar-refractivity contribution is 8.00. The highest BCUT2D eigenvalue weighted by Gasteiger charge is 2.53. The van der Waals surface area contributed by atoms with Crippen LogP contribution in [0, 0.1) is 23.2 Å². The van der Waals surface area contributed by atoms with Crippen molar-refractivity contribution in [2.24, 2.45) is 16.8 Å². The summed E-state index contributed by atoms with van der Waals surface area (Å²) in [5.74, 6) is 2.47. The Morgan fingerprint density at radius 1 is 0.908 bits per heavy atom. The molecule has 1 amide bonds. The first kappa shape index (κ1) is 45.7. The van der Waals surface area contributed by atoms with E-state index < -0.39 is 0 Å². The molecule has 7 fully saturated rings. The fraction of sp³-hybridized carbons (Fsp3) is 0.688. The molecule has 0 aromatic heterocycles. The molecule has 17 heteroatoms. The lowest BCUT2D eigenvalue weighted by Gasteiger charge is -2.43. The van der Waals surface area contributed by atoms with Crippen molar-refractivity contribution in [2.75, 3.05) is 26.2 Å². The lowest BCUT2D eigenvalue weighted by atomic mass is 9.84. The number of nitrogens with one attached hydrogen (secondary N) is 6. The Labute approximate surface area is 393 Å². The summed E-state index contributed by atoms with van der Waals surface area (Å²) >= 11 is 8.28. The number of fused-ring (bicyclic) bond motifs is 3. The molecule has 0 radical (unpaired) electrons. The van der Waals surface area contributed by atoms with Crippen molar-refractivity contribution in [3.8, 4) is 17.6 Å². The van der Waals surface area contributed by atoms with Crippen LogP contribution in [0.4, 0.5) is 0 Å². The number of nitriles is 1. The maximum Gasteiger partial charge on any atom is 0.238 e. The number of nitrogens with zero attached hydrogens (tertiary/aromatic N) is 4. The minimum Gasteiger partial charge on any atom is -0.490 e. The van der Waals surface area contributed by atoms with E-state index in [2.05, 4.69) is 105 Å². The number of likely N-dealkylation sites (tertiary alicyclic amines) is 1. The van der Waals surface area contributed by atoms with Crippen LogP contribution in [0.3, 0.4) is 0 Å². The molecule has 6 aliphatic heterocycles. The molecule has 352 valence electrons. The van der Waals surface area contributed by atoms with Gasteiger partial charge in [-0.25, -0.2) is 21.7 Å². The minimum atomic E-state index is -0.249. The third kappa shape index (κ3) is 10.2. The first-order chi connectivity index (χ1) is 31.6. The Morgan fingerprint density at radius 2 is 1.68 bits per heavy atom. The van der Waals surface area contributed by atoms with E-state index >= 15 is 0 Å². The summed E-state index contributed by atoms with van der Waals surface area (Å²) in [4.78, 5) is 24.0. The number of hydrazine groups is 2. The summed E-state index contributed by atoms with van der Waals surface area (Å²) < 4.78 is 25.3. The molecular weight excluding hydrogens is 864 g/mol. The number of thioether (sulfide) groups is 1. The smallest absolute Gasteiger partial charge is 0.238 e. The van der Waals surface area contributed by atoms with Crippen LogP contribution >= 0.6 is 23.4 Å². The third-order valence-electron chi connectivity index (χ3n) is 15.4. The van der Waals surface area contributed by atoms with E-state index in [1.165, 1.54) is 11.3 Å². The minimum absolute atomic E-state index is 0.0218. The zero-order chi connectivity index (χ0) is 44.6. The van der Waals surface area contributed by atoms with Gasteiger partial charge in [0.15, 0.2) is 0 Å². The lowest BCUT2D eigenvalue weighted by Crippen LogP contribution is -2.63. The van der Waals surface area contributed by atoms with Gasteiger partial charge in [-0.2, -0.15) is 5.26 Å². The van der Waals surface area contributed by atoms with Crippen molar-refractivity contribution in [1.29, 1.82) is 5.26 Å². The van der Waals surface area contributed by atoms with Gasteiger partial charge in [0, 0.05) is 67.9 Å². The molecule has 2 aromatic carbocycles. The Hall–Kier alpha value is -3.05. The van der Waals surface area contributed by atoms with Gasteiger partial charge in [-0.3, -0.25) is 24.9 Å². The largest absolute Gasteiger partial charge is 0.490 e. The van der Waals surface area contributed by atoms with Gasteiger partial charge in [-0.05, 0) is 106 Å². The summed E-state index contributed by atoms with van der Waals surface area (Å²) in [5, 5.41) is 17.2. The summed E-state index contributed by atoms with van der Waals surface area (Å²) in [6.07, 6.45) is 11.1. The number of carbonyl (C=O) groups is 1. The van der Waals surface area contributed by atoms with E-state index in [9.17, 15) is 4.79 Å². The highest BCUT2D eigenvalue weighted by Crippen LogP contribution is 2.49. The van der Waals surface area contributed by atoms with Crippen LogP contribution in [0.1, 0.15) is 103 Å². The molecule has 8 aliphatic rings. The maximum absolute atomic E-state index is 13.2. The van der Waals surface area contributed by atoms with Crippen molar-refractivity contribution in [3.05, 3.63) is 58.6 Å². The summed E-state index contributed by atoms with van der Waals surface area (Å²) in [6, 6.07) is 15.9. The monoisotopic (exact) mass is 930 g/mol.